The number of esters is 1. The van der Waals surface area contributed by atoms with E-state index in [-0.39, 0.29) is 6.10 Å². The van der Waals surface area contributed by atoms with Gasteiger partial charge in [0.05, 0.1) is 5.69 Å². The van der Waals surface area contributed by atoms with Crippen molar-refractivity contribution in [3.63, 3.8) is 0 Å². The second-order valence-corrected chi connectivity index (χ2v) is 5.83. The summed E-state index contributed by atoms with van der Waals surface area (Å²) >= 11 is 1.23. The second-order valence-electron chi connectivity index (χ2n) is 4.83. The number of thiazole rings is 1. The van der Waals surface area contributed by atoms with Crippen LogP contribution in [0.25, 0.3) is 10.8 Å². The standard InChI is InChI=1S/C16H14N4O2S/c1-10-13(23-15(20-10)14-18-6-3-7-19-14)16(21)22-11(2)12-4-8-17-9-5-12/h3-9,11H,1-2H3. The molecule has 0 fully saturated rings. The molecule has 23 heavy (non-hydrogen) atoms. The van der Waals surface area contributed by atoms with Gasteiger partial charge in [0.15, 0.2) is 10.8 Å². The summed E-state index contributed by atoms with van der Waals surface area (Å²) < 4.78 is 5.52. The quantitative estimate of drug-likeness (QED) is 0.685. The Kier molecular flexibility index (Phi) is 4.38. The molecule has 0 amide bonds. The summed E-state index contributed by atoms with van der Waals surface area (Å²) in [5.41, 5.74) is 1.51. The highest BCUT2D eigenvalue weighted by molar-refractivity contribution is 7.16. The van der Waals surface area contributed by atoms with Gasteiger partial charge in [0.1, 0.15) is 11.0 Å². The number of aromatic nitrogens is 4. The third-order valence-electron chi connectivity index (χ3n) is 3.20. The molecule has 0 bridgehead atoms. The van der Waals surface area contributed by atoms with Crippen LogP contribution in [0.4, 0.5) is 0 Å². The number of nitrogens with zero attached hydrogens (tertiary/aromatic N) is 4. The second kappa shape index (κ2) is 6.62. The number of hydrogen-bond acceptors (Lipinski definition) is 7. The number of hydrogen-bond donors (Lipinski definition) is 0. The minimum absolute atomic E-state index is 0.358. The maximum absolute atomic E-state index is 12.4. The molecule has 0 aliphatic rings. The first kappa shape index (κ1) is 15.2. The van der Waals surface area contributed by atoms with E-state index in [0.717, 1.165) is 5.56 Å². The van der Waals surface area contributed by atoms with Crippen molar-refractivity contribution in [2.45, 2.75) is 20.0 Å². The van der Waals surface area contributed by atoms with Gasteiger partial charge in [0, 0.05) is 24.8 Å². The summed E-state index contributed by atoms with van der Waals surface area (Å²) in [4.78, 5) is 29.5. The summed E-state index contributed by atoms with van der Waals surface area (Å²) in [7, 11) is 0. The Morgan fingerprint density at radius 2 is 1.87 bits per heavy atom. The number of aryl methyl sites for hydroxylation is 1. The lowest BCUT2D eigenvalue weighted by Gasteiger charge is -2.12. The van der Waals surface area contributed by atoms with E-state index in [2.05, 4.69) is 19.9 Å². The molecule has 0 aliphatic heterocycles. The average Bonchev–Trinajstić information content (AvgIpc) is 2.98. The minimum Gasteiger partial charge on any atom is -0.454 e. The van der Waals surface area contributed by atoms with Crippen LogP contribution in [0.2, 0.25) is 0 Å². The van der Waals surface area contributed by atoms with Gasteiger partial charge in [-0.25, -0.2) is 19.7 Å². The van der Waals surface area contributed by atoms with Gasteiger partial charge < -0.3 is 4.74 Å². The molecule has 3 aromatic rings. The van der Waals surface area contributed by atoms with Crippen LogP contribution >= 0.6 is 11.3 Å². The van der Waals surface area contributed by atoms with E-state index >= 15 is 0 Å². The van der Waals surface area contributed by atoms with Crippen molar-refractivity contribution >= 4 is 17.3 Å². The SMILES string of the molecule is Cc1nc(-c2ncccn2)sc1C(=O)OC(C)c1ccncc1. The molecule has 3 rings (SSSR count). The van der Waals surface area contributed by atoms with Crippen molar-refractivity contribution < 1.29 is 9.53 Å². The molecule has 0 saturated carbocycles. The number of rotatable bonds is 4. The van der Waals surface area contributed by atoms with Crippen molar-refractivity contribution in [1.29, 1.82) is 0 Å². The molecular formula is C16H14N4O2S. The third-order valence-corrected chi connectivity index (χ3v) is 4.33. The predicted octanol–water partition coefficient (Wildman–Crippen LogP) is 3.22. The molecule has 116 valence electrons. The van der Waals surface area contributed by atoms with Crippen LogP contribution in [0.3, 0.4) is 0 Å². The summed E-state index contributed by atoms with van der Waals surface area (Å²) in [6.45, 7) is 3.60. The Balaban J connectivity index is 1.79. The molecule has 0 spiro atoms. The highest BCUT2D eigenvalue weighted by Crippen LogP contribution is 2.27. The summed E-state index contributed by atoms with van der Waals surface area (Å²) in [6, 6.07) is 5.37. The Morgan fingerprint density at radius 3 is 2.57 bits per heavy atom. The summed E-state index contributed by atoms with van der Waals surface area (Å²) in [5, 5.41) is 0.603. The van der Waals surface area contributed by atoms with E-state index < -0.39 is 5.97 Å². The lowest BCUT2D eigenvalue weighted by Crippen LogP contribution is -2.09. The number of carbonyl (C=O) groups is 1. The fourth-order valence-corrected chi connectivity index (χ4v) is 2.90. The molecule has 3 heterocycles. The first-order valence-electron chi connectivity index (χ1n) is 7.01. The molecule has 7 heteroatoms. The number of pyridine rings is 1. The molecule has 0 aromatic carbocycles. The van der Waals surface area contributed by atoms with E-state index in [1.165, 1.54) is 11.3 Å². The largest absolute Gasteiger partial charge is 0.454 e. The van der Waals surface area contributed by atoms with Gasteiger partial charge in [0.2, 0.25) is 0 Å². The zero-order valence-corrected chi connectivity index (χ0v) is 13.4. The summed E-state index contributed by atoms with van der Waals surface area (Å²) in [5.74, 6) is 0.105. The predicted molar refractivity (Wildman–Crippen MR) is 85.9 cm³/mol. The Bertz CT molecular complexity index is 805. The van der Waals surface area contributed by atoms with Gasteiger partial charge in [-0.1, -0.05) is 0 Å². The first-order chi connectivity index (χ1) is 11.1. The van der Waals surface area contributed by atoms with Crippen molar-refractivity contribution in [2.75, 3.05) is 0 Å². The van der Waals surface area contributed by atoms with Crippen molar-refractivity contribution in [2.24, 2.45) is 0 Å². The number of carbonyl (C=O) groups excluding carboxylic acids is 1. The van der Waals surface area contributed by atoms with E-state index in [0.29, 0.717) is 21.4 Å². The van der Waals surface area contributed by atoms with Crippen LogP contribution in [-0.4, -0.2) is 25.9 Å². The van der Waals surface area contributed by atoms with Gasteiger partial charge >= 0.3 is 5.97 Å². The van der Waals surface area contributed by atoms with Crippen LogP contribution < -0.4 is 0 Å². The van der Waals surface area contributed by atoms with Crippen molar-refractivity contribution in [3.05, 3.63) is 59.1 Å². The highest BCUT2D eigenvalue weighted by atomic mass is 32.1. The zero-order valence-electron chi connectivity index (χ0n) is 12.6. The topological polar surface area (TPSA) is 77.9 Å². The molecule has 1 unspecified atom stereocenters. The molecule has 0 saturated heterocycles. The van der Waals surface area contributed by atoms with E-state index in [4.69, 9.17) is 4.74 Å². The van der Waals surface area contributed by atoms with E-state index in [1.807, 2.05) is 19.1 Å². The molecule has 0 radical (unpaired) electrons. The lowest BCUT2D eigenvalue weighted by molar-refractivity contribution is 0.0342. The van der Waals surface area contributed by atoms with E-state index in [1.54, 1.807) is 37.8 Å². The van der Waals surface area contributed by atoms with Crippen molar-refractivity contribution in [1.82, 2.24) is 19.9 Å². The lowest BCUT2D eigenvalue weighted by atomic mass is 10.2. The molecule has 3 aromatic heterocycles. The molecule has 0 aliphatic carbocycles. The average molecular weight is 326 g/mol. The Morgan fingerprint density at radius 1 is 1.17 bits per heavy atom. The maximum atomic E-state index is 12.4. The summed E-state index contributed by atoms with van der Waals surface area (Å²) in [6.07, 6.45) is 6.26. The van der Waals surface area contributed by atoms with Gasteiger partial charge in [-0.15, -0.1) is 11.3 Å². The van der Waals surface area contributed by atoms with Crippen LogP contribution in [0.1, 0.15) is 34.0 Å². The maximum Gasteiger partial charge on any atom is 0.350 e. The van der Waals surface area contributed by atoms with E-state index in [9.17, 15) is 4.79 Å². The van der Waals surface area contributed by atoms with Gasteiger partial charge in [-0.3, -0.25) is 4.98 Å². The van der Waals surface area contributed by atoms with Crippen LogP contribution in [0.5, 0.6) is 0 Å². The van der Waals surface area contributed by atoms with Crippen LogP contribution in [-0.2, 0) is 4.74 Å². The zero-order chi connectivity index (χ0) is 16.2. The number of ether oxygens (including phenoxy) is 1. The van der Waals surface area contributed by atoms with Gasteiger partial charge in [-0.2, -0.15) is 0 Å². The van der Waals surface area contributed by atoms with Crippen molar-refractivity contribution in [3.8, 4) is 10.8 Å². The van der Waals surface area contributed by atoms with Crippen LogP contribution in [0, 0.1) is 6.92 Å². The Hall–Kier alpha value is -2.67. The molecule has 1 atom stereocenters. The first-order valence-corrected chi connectivity index (χ1v) is 7.82. The molecular weight excluding hydrogens is 312 g/mol. The normalized spacial score (nSPS) is 11.9. The minimum atomic E-state index is -0.397. The van der Waals surface area contributed by atoms with Gasteiger partial charge in [0.25, 0.3) is 0 Å². The fourth-order valence-electron chi connectivity index (χ4n) is 2.01. The highest BCUT2D eigenvalue weighted by Gasteiger charge is 2.21. The third kappa shape index (κ3) is 3.40. The Labute approximate surface area is 137 Å². The monoisotopic (exact) mass is 326 g/mol. The van der Waals surface area contributed by atoms with Crippen LogP contribution in [0.15, 0.2) is 43.0 Å². The molecule has 6 nitrogen and oxygen atoms in total. The van der Waals surface area contributed by atoms with Gasteiger partial charge in [-0.05, 0) is 37.6 Å². The fraction of sp³-hybridized carbons (Fsp3) is 0.188. The smallest absolute Gasteiger partial charge is 0.350 e. The molecule has 0 N–H and O–H groups in total.